The third kappa shape index (κ3) is 3.04. The average Bonchev–Trinajstić information content (AvgIpc) is 3.05. The zero-order valence-electron chi connectivity index (χ0n) is 10.5. The third-order valence-corrected chi connectivity index (χ3v) is 4.31. The van der Waals surface area contributed by atoms with Gasteiger partial charge in [0, 0.05) is 41.5 Å². The van der Waals surface area contributed by atoms with Gasteiger partial charge in [-0.2, -0.15) is 0 Å². The van der Waals surface area contributed by atoms with Crippen LogP contribution in [0.15, 0.2) is 18.2 Å². The quantitative estimate of drug-likeness (QED) is 0.896. The number of amides is 1. The molecule has 19 heavy (non-hydrogen) atoms. The molecule has 102 valence electrons. The van der Waals surface area contributed by atoms with Gasteiger partial charge in [0.15, 0.2) is 0 Å². The zero-order valence-corrected chi connectivity index (χ0v) is 12.0. The molecule has 2 N–H and O–H groups in total. The summed E-state index contributed by atoms with van der Waals surface area (Å²) >= 11 is 12.0. The summed E-state index contributed by atoms with van der Waals surface area (Å²) in [5.74, 6) is 1.12. The Balaban J connectivity index is 1.55. The molecule has 2 aliphatic rings. The Bertz CT molecular complexity index is 482. The van der Waals surface area contributed by atoms with Crippen LogP contribution in [-0.4, -0.2) is 25.5 Å². The summed E-state index contributed by atoms with van der Waals surface area (Å²) < 4.78 is 0. The SMILES string of the molecule is O=C(NCC1CNC1)C1CC1c1cc(Cl)cc(Cl)c1. The van der Waals surface area contributed by atoms with Gasteiger partial charge < -0.3 is 10.6 Å². The highest BCUT2D eigenvalue weighted by Crippen LogP contribution is 2.48. The van der Waals surface area contributed by atoms with Gasteiger partial charge in [-0.1, -0.05) is 23.2 Å². The predicted octanol–water partition coefficient (Wildman–Crippen LogP) is 2.43. The Labute approximate surface area is 122 Å². The largest absolute Gasteiger partial charge is 0.355 e. The lowest BCUT2D eigenvalue weighted by atomic mass is 10.0. The maximum absolute atomic E-state index is 12.0. The van der Waals surface area contributed by atoms with Crippen LogP contribution >= 0.6 is 23.2 Å². The van der Waals surface area contributed by atoms with Gasteiger partial charge in [0.2, 0.25) is 5.91 Å². The Hall–Kier alpha value is -0.770. The molecular weight excluding hydrogens is 283 g/mol. The van der Waals surface area contributed by atoms with Crippen molar-refractivity contribution in [3.63, 3.8) is 0 Å². The average molecular weight is 299 g/mol. The van der Waals surface area contributed by atoms with Crippen molar-refractivity contribution in [3.05, 3.63) is 33.8 Å². The minimum Gasteiger partial charge on any atom is -0.355 e. The first kappa shape index (κ1) is 13.2. The molecule has 1 saturated carbocycles. The number of halogens is 2. The van der Waals surface area contributed by atoms with Crippen LogP contribution in [0.3, 0.4) is 0 Å². The van der Waals surface area contributed by atoms with Crippen LogP contribution in [0.4, 0.5) is 0 Å². The maximum Gasteiger partial charge on any atom is 0.223 e. The molecule has 2 atom stereocenters. The number of nitrogens with one attached hydrogen (secondary N) is 2. The van der Waals surface area contributed by atoms with Crippen LogP contribution < -0.4 is 10.6 Å². The Kier molecular flexibility index (Phi) is 3.70. The summed E-state index contributed by atoms with van der Waals surface area (Å²) in [6, 6.07) is 5.52. The summed E-state index contributed by atoms with van der Waals surface area (Å²) in [4.78, 5) is 12.0. The van der Waals surface area contributed by atoms with Gasteiger partial charge in [0.1, 0.15) is 0 Å². The smallest absolute Gasteiger partial charge is 0.223 e. The highest BCUT2D eigenvalue weighted by molar-refractivity contribution is 6.34. The van der Waals surface area contributed by atoms with Crippen molar-refractivity contribution in [2.75, 3.05) is 19.6 Å². The molecular formula is C14H16Cl2N2O. The second-order valence-corrected chi connectivity index (χ2v) is 6.29. The molecule has 1 aromatic carbocycles. The normalized spacial score (nSPS) is 25.8. The first-order valence-electron chi connectivity index (χ1n) is 6.58. The van der Waals surface area contributed by atoms with Crippen molar-refractivity contribution in [2.45, 2.75) is 12.3 Å². The molecule has 2 fully saturated rings. The summed E-state index contributed by atoms with van der Waals surface area (Å²) in [7, 11) is 0. The molecule has 0 bridgehead atoms. The molecule has 2 unspecified atom stereocenters. The Morgan fingerprint density at radius 2 is 1.95 bits per heavy atom. The number of carbonyl (C=O) groups is 1. The molecule has 3 rings (SSSR count). The molecule has 1 aliphatic carbocycles. The second-order valence-electron chi connectivity index (χ2n) is 5.42. The predicted molar refractivity (Wildman–Crippen MR) is 76.7 cm³/mol. The molecule has 0 radical (unpaired) electrons. The number of hydrogen-bond acceptors (Lipinski definition) is 2. The van der Waals surface area contributed by atoms with Gasteiger partial charge >= 0.3 is 0 Å². The summed E-state index contributed by atoms with van der Waals surface area (Å²) in [5.41, 5.74) is 1.07. The molecule has 1 saturated heterocycles. The molecule has 1 amide bonds. The van der Waals surface area contributed by atoms with Gasteiger partial charge in [-0.3, -0.25) is 4.79 Å². The standard InChI is InChI=1S/C14H16Cl2N2O/c15-10-1-9(2-11(16)3-10)12-4-13(12)14(19)18-7-8-5-17-6-8/h1-3,8,12-13,17H,4-7H2,(H,18,19). The van der Waals surface area contributed by atoms with Crippen LogP contribution in [0.2, 0.25) is 10.0 Å². The molecule has 1 aliphatic heterocycles. The van der Waals surface area contributed by atoms with E-state index in [1.807, 2.05) is 12.1 Å². The lowest BCUT2D eigenvalue weighted by Gasteiger charge is -2.27. The summed E-state index contributed by atoms with van der Waals surface area (Å²) in [6.07, 6.45) is 0.894. The number of rotatable bonds is 4. The minimum absolute atomic E-state index is 0.0857. The molecule has 0 spiro atoms. The Morgan fingerprint density at radius 3 is 2.53 bits per heavy atom. The molecule has 1 aromatic rings. The summed E-state index contributed by atoms with van der Waals surface area (Å²) in [5, 5.41) is 7.49. The number of carbonyl (C=O) groups excluding carboxylic acids is 1. The topological polar surface area (TPSA) is 41.1 Å². The Morgan fingerprint density at radius 1 is 1.26 bits per heavy atom. The van der Waals surface area contributed by atoms with Crippen molar-refractivity contribution < 1.29 is 4.79 Å². The highest BCUT2D eigenvalue weighted by atomic mass is 35.5. The van der Waals surface area contributed by atoms with E-state index in [2.05, 4.69) is 10.6 Å². The van der Waals surface area contributed by atoms with Gasteiger partial charge in [-0.05, 0) is 36.1 Å². The van der Waals surface area contributed by atoms with E-state index >= 15 is 0 Å². The lowest BCUT2D eigenvalue weighted by Crippen LogP contribution is -2.48. The van der Waals surface area contributed by atoms with Crippen LogP contribution in [0.1, 0.15) is 17.9 Å². The fraction of sp³-hybridized carbons (Fsp3) is 0.500. The van der Waals surface area contributed by atoms with Gasteiger partial charge in [0.05, 0.1) is 0 Å². The van der Waals surface area contributed by atoms with E-state index in [-0.39, 0.29) is 17.7 Å². The van der Waals surface area contributed by atoms with E-state index in [9.17, 15) is 4.79 Å². The van der Waals surface area contributed by atoms with E-state index in [4.69, 9.17) is 23.2 Å². The first-order valence-corrected chi connectivity index (χ1v) is 7.33. The molecule has 3 nitrogen and oxygen atoms in total. The monoisotopic (exact) mass is 298 g/mol. The van der Waals surface area contributed by atoms with E-state index in [0.29, 0.717) is 16.0 Å². The maximum atomic E-state index is 12.0. The third-order valence-electron chi connectivity index (χ3n) is 3.87. The van der Waals surface area contributed by atoms with Gasteiger partial charge in [0.25, 0.3) is 0 Å². The zero-order chi connectivity index (χ0) is 13.4. The lowest BCUT2D eigenvalue weighted by molar-refractivity contribution is -0.122. The highest BCUT2D eigenvalue weighted by Gasteiger charge is 2.44. The van der Waals surface area contributed by atoms with Crippen molar-refractivity contribution in [1.82, 2.24) is 10.6 Å². The summed E-state index contributed by atoms with van der Waals surface area (Å²) in [6.45, 7) is 2.81. The van der Waals surface area contributed by atoms with Crippen molar-refractivity contribution in [3.8, 4) is 0 Å². The molecule has 0 aromatic heterocycles. The first-order chi connectivity index (χ1) is 9.13. The van der Waals surface area contributed by atoms with Crippen LogP contribution in [-0.2, 0) is 4.79 Å². The fourth-order valence-electron chi connectivity index (χ4n) is 2.51. The van der Waals surface area contributed by atoms with Crippen molar-refractivity contribution in [1.29, 1.82) is 0 Å². The van der Waals surface area contributed by atoms with Crippen molar-refractivity contribution in [2.24, 2.45) is 11.8 Å². The van der Waals surface area contributed by atoms with Gasteiger partial charge in [-0.25, -0.2) is 0 Å². The van der Waals surface area contributed by atoms with E-state index < -0.39 is 0 Å². The number of benzene rings is 1. The van der Waals surface area contributed by atoms with Gasteiger partial charge in [-0.15, -0.1) is 0 Å². The second kappa shape index (κ2) is 5.31. The minimum atomic E-state index is 0.0857. The molecule has 1 heterocycles. The molecule has 5 heteroatoms. The van der Waals surface area contributed by atoms with E-state index in [1.54, 1.807) is 6.07 Å². The fourth-order valence-corrected chi connectivity index (χ4v) is 3.05. The van der Waals surface area contributed by atoms with Crippen LogP contribution in [0.25, 0.3) is 0 Å². The van der Waals surface area contributed by atoms with E-state index in [0.717, 1.165) is 31.6 Å². The van der Waals surface area contributed by atoms with Crippen LogP contribution in [0.5, 0.6) is 0 Å². The van der Waals surface area contributed by atoms with E-state index in [1.165, 1.54) is 0 Å². The number of hydrogen-bond donors (Lipinski definition) is 2. The van der Waals surface area contributed by atoms with Crippen LogP contribution in [0, 0.1) is 11.8 Å². The van der Waals surface area contributed by atoms with Crippen molar-refractivity contribution >= 4 is 29.1 Å².